The van der Waals surface area contributed by atoms with Crippen LogP contribution in [0.15, 0.2) is 47.9 Å². The molecular formula is C19H20F3N5. The Morgan fingerprint density at radius 3 is 2.78 bits per heavy atom. The highest BCUT2D eigenvalue weighted by Gasteiger charge is 2.35. The smallest absolute Gasteiger partial charge is 0.265 e. The molecule has 1 saturated heterocycles. The molecule has 0 spiro atoms. The van der Waals surface area contributed by atoms with Gasteiger partial charge < -0.3 is 5.01 Å². The second-order valence-corrected chi connectivity index (χ2v) is 6.81. The number of hydrazine groups is 1. The topological polar surface area (TPSA) is 44.3 Å². The summed E-state index contributed by atoms with van der Waals surface area (Å²) in [5.74, 6) is -0.324. The van der Waals surface area contributed by atoms with E-state index in [1.807, 2.05) is 6.92 Å². The second-order valence-electron chi connectivity index (χ2n) is 6.81. The monoisotopic (exact) mass is 375 g/mol. The van der Waals surface area contributed by atoms with E-state index in [0.717, 1.165) is 30.1 Å². The van der Waals surface area contributed by atoms with E-state index in [2.05, 4.69) is 25.3 Å². The highest BCUT2D eigenvalue weighted by Crippen LogP contribution is 2.33. The Kier molecular flexibility index (Phi) is 4.84. The first-order valence-corrected chi connectivity index (χ1v) is 8.82. The summed E-state index contributed by atoms with van der Waals surface area (Å²) in [4.78, 5) is 10.5. The molecule has 0 aliphatic carbocycles. The fourth-order valence-corrected chi connectivity index (χ4v) is 3.55. The van der Waals surface area contributed by atoms with Gasteiger partial charge in [0.25, 0.3) is 6.43 Å². The van der Waals surface area contributed by atoms with Crippen molar-refractivity contribution < 1.29 is 13.2 Å². The number of hydrogen-bond donors (Lipinski definition) is 1. The number of fused-ring (bicyclic) bond motifs is 1. The van der Waals surface area contributed by atoms with Crippen LogP contribution in [0, 0.1) is 5.82 Å². The number of aromatic nitrogens is 2. The fourth-order valence-electron chi connectivity index (χ4n) is 3.55. The lowest BCUT2D eigenvalue weighted by Crippen LogP contribution is -2.47. The molecule has 4 heterocycles. The van der Waals surface area contributed by atoms with E-state index in [4.69, 9.17) is 0 Å². The van der Waals surface area contributed by atoms with Crippen LogP contribution in [0.25, 0.3) is 0 Å². The van der Waals surface area contributed by atoms with Crippen molar-refractivity contribution in [3.8, 4) is 0 Å². The summed E-state index contributed by atoms with van der Waals surface area (Å²) in [6.07, 6.45) is 0.324. The average molecular weight is 375 g/mol. The molecule has 4 rings (SSSR count). The highest BCUT2D eigenvalue weighted by molar-refractivity contribution is 5.31. The summed E-state index contributed by atoms with van der Waals surface area (Å²) in [6.45, 7) is 4.78. The molecule has 0 aromatic carbocycles. The molecule has 27 heavy (non-hydrogen) atoms. The molecule has 2 aromatic rings. The summed E-state index contributed by atoms with van der Waals surface area (Å²) in [5.41, 5.74) is 6.56. The number of halogens is 3. The maximum absolute atomic E-state index is 14.1. The zero-order chi connectivity index (χ0) is 19.0. The molecule has 2 aromatic heterocycles. The molecule has 0 amide bonds. The summed E-state index contributed by atoms with van der Waals surface area (Å²) < 4.78 is 39.4. The number of pyridine rings is 2. The van der Waals surface area contributed by atoms with E-state index >= 15 is 0 Å². The predicted molar refractivity (Wildman–Crippen MR) is 93.9 cm³/mol. The second kappa shape index (κ2) is 7.28. The molecule has 2 aliphatic heterocycles. The van der Waals surface area contributed by atoms with E-state index in [1.165, 1.54) is 18.3 Å². The van der Waals surface area contributed by atoms with Crippen LogP contribution in [0.1, 0.15) is 36.3 Å². The zero-order valence-corrected chi connectivity index (χ0v) is 14.9. The van der Waals surface area contributed by atoms with Crippen molar-refractivity contribution in [2.45, 2.75) is 25.9 Å². The summed E-state index contributed by atoms with van der Waals surface area (Å²) in [6, 6.07) is 5.79. The SMILES string of the molecule is CC1=C2CN(Cc3ccc(C(F)F)cn3)CCN2NC1c1ncccc1F. The van der Waals surface area contributed by atoms with Gasteiger partial charge in [-0.1, -0.05) is 0 Å². The van der Waals surface area contributed by atoms with Gasteiger partial charge in [-0.25, -0.2) is 18.6 Å². The minimum atomic E-state index is -2.50. The molecule has 1 N–H and O–H groups in total. The van der Waals surface area contributed by atoms with Gasteiger partial charge in [0.2, 0.25) is 0 Å². The van der Waals surface area contributed by atoms with Gasteiger partial charge in [-0.05, 0) is 36.8 Å². The van der Waals surface area contributed by atoms with Gasteiger partial charge >= 0.3 is 0 Å². The highest BCUT2D eigenvalue weighted by atomic mass is 19.3. The maximum Gasteiger partial charge on any atom is 0.265 e. The van der Waals surface area contributed by atoms with Crippen LogP contribution in [0.3, 0.4) is 0 Å². The van der Waals surface area contributed by atoms with Gasteiger partial charge in [-0.15, -0.1) is 0 Å². The van der Waals surface area contributed by atoms with Crippen molar-refractivity contribution in [3.05, 3.63) is 70.7 Å². The Hall–Kier alpha value is -2.45. The molecule has 1 atom stereocenters. The van der Waals surface area contributed by atoms with E-state index in [-0.39, 0.29) is 17.4 Å². The quantitative estimate of drug-likeness (QED) is 0.889. The maximum atomic E-state index is 14.1. The molecule has 0 saturated carbocycles. The number of alkyl halides is 2. The van der Waals surface area contributed by atoms with Crippen molar-refractivity contribution in [2.75, 3.05) is 19.6 Å². The van der Waals surface area contributed by atoms with E-state index in [0.29, 0.717) is 18.8 Å². The van der Waals surface area contributed by atoms with Gasteiger partial charge in [-0.3, -0.25) is 14.9 Å². The minimum absolute atomic E-state index is 0.0673. The number of nitrogens with one attached hydrogen (secondary N) is 1. The van der Waals surface area contributed by atoms with Crippen LogP contribution in [0.4, 0.5) is 13.2 Å². The summed E-state index contributed by atoms with van der Waals surface area (Å²) in [5, 5.41) is 2.05. The molecule has 0 bridgehead atoms. The van der Waals surface area contributed by atoms with Gasteiger partial charge in [0.05, 0.1) is 17.4 Å². The van der Waals surface area contributed by atoms with Gasteiger partial charge in [0.15, 0.2) is 0 Å². The molecule has 2 aliphatic rings. The lowest BCUT2D eigenvalue weighted by Gasteiger charge is -2.35. The average Bonchev–Trinajstić information content (AvgIpc) is 2.99. The zero-order valence-electron chi connectivity index (χ0n) is 14.9. The van der Waals surface area contributed by atoms with Crippen LogP contribution in [0.5, 0.6) is 0 Å². The van der Waals surface area contributed by atoms with E-state index in [9.17, 15) is 13.2 Å². The first-order chi connectivity index (χ1) is 13.0. The minimum Gasteiger partial charge on any atom is -0.309 e. The van der Waals surface area contributed by atoms with Crippen LogP contribution < -0.4 is 5.43 Å². The third-order valence-corrected chi connectivity index (χ3v) is 5.06. The van der Waals surface area contributed by atoms with E-state index in [1.54, 1.807) is 18.3 Å². The van der Waals surface area contributed by atoms with Gasteiger partial charge in [0, 0.05) is 49.8 Å². The van der Waals surface area contributed by atoms with Crippen LogP contribution in [-0.4, -0.2) is 39.5 Å². The van der Waals surface area contributed by atoms with Crippen LogP contribution in [-0.2, 0) is 6.54 Å². The normalized spacial score (nSPS) is 20.5. The molecule has 142 valence electrons. The number of rotatable bonds is 4. The fraction of sp³-hybridized carbons (Fsp3) is 0.368. The van der Waals surface area contributed by atoms with Crippen LogP contribution >= 0.6 is 0 Å². The Balaban J connectivity index is 1.49. The number of piperazine rings is 1. The van der Waals surface area contributed by atoms with Crippen LogP contribution in [0.2, 0.25) is 0 Å². The van der Waals surface area contributed by atoms with Crippen molar-refractivity contribution in [2.24, 2.45) is 0 Å². The van der Waals surface area contributed by atoms with E-state index < -0.39 is 6.43 Å². The Morgan fingerprint density at radius 1 is 1.22 bits per heavy atom. The third kappa shape index (κ3) is 3.54. The first-order valence-electron chi connectivity index (χ1n) is 8.82. The molecule has 1 fully saturated rings. The lowest BCUT2D eigenvalue weighted by atomic mass is 10.0. The third-order valence-electron chi connectivity index (χ3n) is 5.06. The van der Waals surface area contributed by atoms with Crippen molar-refractivity contribution >= 4 is 0 Å². The Morgan fingerprint density at radius 2 is 2.07 bits per heavy atom. The largest absolute Gasteiger partial charge is 0.309 e. The van der Waals surface area contributed by atoms with Crippen molar-refractivity contribution in [1.82, 2.24) is 25.3 Å². The number of hydrogen-bond acceptors (Lipinski definition) is 5. The standard InChI is InChI=1S/C19H20F3N5/c1-12-16-11-26(10-14-5-4-13(9-24-14)19(21)22)7-8-27(16)25-17(12)18-15(20)3-2-6-23-18/h2-6,9,17,19,25H,7-8,10-11H2,1H3. The molecule has 5 nitrogen and oxygen atoms in total. The Labute approximate surface area is 155 Å². The lowest BCUT2D eigenvalue weighted by molar-refractivity contribution is 0.137. The molecule has 1 unspecified atom stereocenters. The molecule has 0 radical (unpaired) electrons. The van der Waals surface area contributed by atoms with Gasteiger partial charge in [0.1, 0.15) is 5.82 Å². The first kappa shape index (κ1) is 17.9. The predicted octanol–water partition coefficient (Wildman–Crippen LogP) is 3.20. The van der Waals surface area contributed by atoms with Crippen molar-refractivity contribution in [1.29, 1.82) is 0 Å². The number of nitrogens with zero attached hydrogens (tertiary/aromatic N) is 4. The molecular weight excluding hydrogens is 355 g/mol. The molecule has 8 heteroatoms. The van der Waals surface area contributed by atoms with Gasteiger partial charge in [-0.2, -0.15) is 0 Å². The van der Waals surface area contributed by atoms with Crippen molar-refractivity contribution in [3.63, 3.8) is 0 Å². The summed E-state index contributed by atoms with van der Waals surface area (Å²) in [7, 11) is 0. The Bertz CT molecular complexity index is 853. The summed E-state index contributed by atoms with van der Waals surface area (Å²) >= 11 is 0.